The largest absolute Gasteiger partial charge is 0.229 e. The molecule has 0 heterocycles. The molecule has 0 aromatic carbocycles. The molecule has 0 aromatic rings. The fraction of sp³-hybridized carbons (Fsp3) is 1.00. The molecular weight excluding hydrogens is 330 g/mol. The molecule has 5 heteroatoms. The second-order valence-corrected chi connectivity index (χ2v) is 8.82. The monoisotopic (exact) mass is 367 g/mol. The van der Waals surface area contributed by atoms with Gasteiger partial charge in [0.15, 0.2) is 0 Å². The summed E-state index contributed by atoms with van der Waals surface area (Å²) in [5, 5.41) is 4.97. The number of hydrogen-bond acceptors (Lipinski definition) is 2. The smallest absolute Gasteiger partial charge is 0.209 e. The Kier molecular flexibility index (Phi) is 17.2. The maximum atomic E-state index is 10.8. The first kappa shape index (κ1) is 23.2. The quantitative estimate of drug-likeness (QED) is 0.247. The van der Waals surface area contributed by atoms with Crippen LogP contribution < -0.4 is 5.14 Å². The topological polar surface area (TPSA) is 60.2 Å². The van der Waals surface area contributed by atoms with Crippen molar-refractivity contribution in [3.8, 4) is 0 Å². The average molecular weight is 368 g/mol. The number of alkyl halides is 1. The first-order chi connectivity index (χ1) is 11.1. The number of sulfonamides is 1. The number of rotatable bonds is 18. The molecule has 0 radical (unpaired) electrons. The van der Waals surface area contributed by atoms with Gasteiger partial charge in [0.1, 0.15) is 0 Å². The van der Waals surface area contributed by atoms with Crippen molar-refractivity contribution < 1.29 is 8.42 Å². The zero-order valence-electron chi connectivity index (χ0n) is 14.9. The van der Waals surface area contributed by atoms with Gasteiger partial charge >= 0.3 is 0 Å². The standard InChI is InChI=1S/C18H38ClNO2S/c19-17-15-13-11-9-7-5-3-1-2-4-6-8-10-12-14-16-18-23(20,21)22/h1-18H2,(H2,20,21,22). The number of primary sulfonamides is 1. The van der Waals surface area contributed by atoms with Crippen LogP contribution in [0.1, 0.15) is 103 Å². The van der Waals surface area contributed by atoms with Gasteiger partial charge in [-0.15, -0.1) is 11.6 Å². The number of halogens is 1. The van der Waals surface area contributed by atoms with E-state index >= 15 is 0 Å². The van der Waals surface area contributed by atoms with Crippen LogP contribution in [0.4, 0.5) is 0 Å². The van der Waals surface area contributed by atoms with Gasteiger partial charge in [-0.1, -0.05) is 89.9 Å². The van der Waals surface area contributed by atoms with Crippen LogP contribution in [-0.4, -0.2) is 20.1 Å². The Morgan fingerprint density at radius 1 is 0.522 bits per heavy atom. The predicted molar refractivity (Wildman–Crippen MR) is 103 cm³/mol. The Balaban J connectivity index is 3.03. The molecule has 0 bridgehead atoms. The maximum Gasteiger partial charge on any atom is 0.209 e. The SMILES string of the molecule is NS(=O)(=O)CCCCCCCCCCCCCCCCCCCl. The van der Waals surface area contributed by atoms with E-state index < -0.39 is 10.0 Å². The predicted octanol–water partition coefficient (Wildman–Crippen LogP) is 5.76. The van der Waals surface area contributed by atoms with Gasteiger partial charge in [-0.05, 0) is 12.8 Å². The first-order valence-corrected chi connectivity index (χ1v) is 11.9. The highest BCUT2D eigenvalue weighted by Gasteiger charge is 2.01. The van der Waals surface area contributed by atoms with Gasteiger partial charge < -0.3 is 0 Å². The van der Waals surface area contributed by atoms with Gasteiger partial charge in [0.25, 0.3) is 0 Å². The van der Waals surface area contributed by atoms with Crippen molar-refractivity contribution in [2.24, 2.45) is 5.14 Å². The van der Waals surface area contributed by atoms with Crippen LogP contribution in [0.2, 0.25) is 0 Å². The molecule has 0 fully saturated rings. The number of nitrogens with two attached hydrogens (primary N) is 1. The Bertz CT molecular complexity index is 334. The summed E-state index contributed by atoms with van der Waals surface area (Å²) in [6.07, 6.45) is 20.2. The van der Waals surface area contributed by atoms with E-state index in [0.29, 0.717) is 6.42 Å². The van der Waals surface area contributed by atoms with Gasteiger partial charge in [-0.25, -0.2) is 13.6 Å². The summed E-state index contributed by atoms with van der Waals surface area (Å²) in [5.74, 6) is 0.954. The van der Waals surface area contributed by atoms with E-state index in [2.05, 4.69) is 0 Å². The molecule has 23 heavy (non-hydrogen) atoms. The summed E-state index contributed by atoms with van der Waals surface area (Å²) in [7, 11) is -3.25. The highest BCUT2D eigenvalue weighted by atomic mass is 35.5. The van der Waals surface area contributed by atoms with Crippen LogP contribution in [0.25, 0.3) is 0 Å². The van der Waals surface area contributed by atoms with Gasteiger partial charge in [-0.3, -0.25) is 0 Å². The van der Waals surface area contributed by atoms with Crippen LogP contribution in [0.5, 0.6) is 0 Å². The van der Waals surface area contributed by atoms with Crippen molar-refractivity contribution in [2.75, 3.05) is 11.6 Å². The molecule has 0 aliphatic heterocycles. The van der Waals surface area contributed by atoms with Gasteiger partial charge in [-0.2, -0.15) is 0 Å². The third kappa shape index (κ3) is 22.2. The van der Waals surface area contributed by atoms with E-state index in [4.69, 9.17) is 16.7 Å². The maximum absolute atomic E-state index is 10.8. The highest BCUT2D eigenvalue weighted by Crippen LogP contribution is 2.13. The van der Waals surface area contributed by atoms with E-state index in [1.165, 1.54) is 83.5 Å². The van der Waals surface area contributed by atoms with E-state index in [1.54, 1.807) is 0 Å². The van der Waals surface area contributed by atoms with E-state index in [9.17, 15) is 8.42 Å². The molecule has 0 rings (SSSR count). The Labute approximate surface area is 149 Å². The Morgan fingerprint density at radius 3 is 1.04 bits per heavy atom. The third-order valence-electron chi connectivity index (χ3n) is 4.31. The molecule has 0 spiro atoms. The minimum Gasteiger partial charge on any atom is -0.229 e. The summed E-state index contributed by atoms with van der Waals surface area (Å²) in [6, 6.07) is 0. The summed E-state index contributed by atoms with van der Waals surface area (Å²) < 4.78 is 21.5. The normalized spacial score (nSPS) is 11.9. The minimum atomic E-state index is -3.25. The third-order valence-corrected chi connectivity index (χ3v) is 5.44. The molecule has 0 saturated heterocycles. The van der Waals surface area contributed by atoms with Crippen molar-refractivity contribution >= 4 is 21.6 Å². The van der Waals surface area contributed by atoms with Crippen LogP contribution in [0, 0.1) is 0 Å². The molecule has 140 valence electrons. The first-order valence-electron chi connectivity index (χ1n) is 9.62. The van der Waals surface area contributed by atoms with Gasteiger partial charge in [0.05, 0.1) is 5.75 Å². The lowest BCUT2D eigenvalue weighted by molar-refractivity contribution is 0.531. The van der Waals surface area contributed by atoms with E-state index in [0.717, 1.165) is 18.7 Å². The molecule has 3 nitrogen and oxygen atoms in total. The summed E-state index contributed by atoms with van der Waals surface area (Å²) in [4.78, 5) is 0. The van der Waals surface area contributed by atoms with E-state index in [1.807, 2.05) is 0 Å². The van der Waals surface area contributed by atoms with Crippen LogP contribution in [0.15, 0.2) is 0 Å². The fourth-order valence-electron chi connectivity index (χ4n) is 2.87. The average Bonchev–Trinajstić information content (AvgIpc) is 2.49. The highest BCUT2D eigenvalue weighted by molar-refractivity contribution is 7.89. The van der Waals surface area contributed by atoms with Crippen LogP contribution >= 0.6 is 11.6 Å². The van der Waals surface area contributed by atoms with Crippen molar-refractivity contribution in [3.05, 3.63) is 0 Å². The molecule has 0 atom stereocenters. The van der Waals surface area contributed by atoms with Crippen molar-refractivity contribution in [3.63, 3.8) is 0 Å². The lowest BCUT2D eigenvalue weighted by atomic mass is 10.0. The number of hydrogen-bond donors (Lipinski definition) is 1. The second kappa shape index (κ2) is 17.0. The summed E-state index contributed by atoms with van der Waals surface area (Å²) in [6.45, 7) is 0. The molecule has 0 aromatic heterocycles. The summed E-state index contributed by atoms with van der Waals surface area (Å²) in [5.41, 5.74) is 0. The molecule has 2 N–H and O–H groups in total. The van der Waals surface area contributed by atoms with Crippen LogP contribution in [-0.2, 0) is 10.0 Å². The molecular formula is C18H38ClNO2S. The Morgan fingerprint density at radius 2 is 0.783 bits per heavy atom. The second-order valence-electron chi connectivity index (χ2n) is 6.71. The van der Waals surface area contributed by atoms with Crippen molar-refractivity contribution in [2.45, 2.75) is 103 Å². The van der Waals surface area contributed by atoms with Crippen LogP contribution in [0.3, 0.4) is 0 Å². The zero-order valence-corrected chi connectivity index (χ0v) is 16.5. The molecule has 0 aliphatic rings. The van der Waals surface area contributed by atoms with Gasteiger partial charge in [0.2, 0.25) is 10.0 Å². The van der Waals surface area contributed by atoms with Gasteiger partial charge in [0, 0.05) is 5.88 Å². The molecule has 0 amide bonds. The Hall–Kier alpha value is 0.200. The lowest BCUT2D eigenvalue weighted by Gasteiger charge is -2.03. The van der Waals surface area contributed by atoms with Crippen molar-refractivity contribution in [1.82, 2.24) is 0 Å². The molecule has 0 aliphatic carbocycles. The minimum absolute atomic E-state index is 0.139. The zero-order chi connectivity index (χ0) is 17.2. The van der Waals surface area contributed by atoms with Crippen molar-refractivity contribution in [1.29, 1.82) is 0 Å². The lowest BCUT2D eigenvalue weighted by Crippen LogP contribution is -2.16. The van der Waals surface area contributed by atoms with E-state index in [-0.39, 0.29) is 5.75 Å². The molecule has 0 unspecified atom stereocenters. The number of unbranched alkanes of at least 4 members (excludes halogenated alkanes) is 15. The summed E-state index contributed by atoms with van der Waals surface area (Å²) >= 11 is 5.66. The molecule has 0 saturated carbocycles. The fourth-order valence-corrected chi connectivity index (χ4v) is 3.67.